The monoisotopic (exact) mass is 486 g/mol. The first-order valence-corrected chi connectivity index (χ1v) is 11.1. The first-order valence-electron chi connectivity index (χ1n) is 10.3. The molecule has 0 bridgehead atoms. The van der Waals surface area contributed by atoms with E-state index in [1.165, 1.54) is 6.08 Å². The predicted molar refractivity (Wildman–Crippen MR) is 139 cm³/mol. The number of anilines is 1. The summed E-state index contributed by atoms with van der Waals surface area (Å²) in [6, 6.07) is 26.9. The maximum absolute atomic E-state index is 12.9. The number of nitrogens with one attached hydrogen (secondary N) is 2. The number of carbonyl (C=O) groups is 2. The van der Waals surface area contributed by atoms with E-state index in [1.807, 2.05) is 42.5 Å². The topological polar surface area (TPSA) is 71.3 Å². The van der Waals surface area contributed by atoms with Gasteiger partial charge in [-0.25, -0.2) is 0 Å². The highest BCUT2D eigenvalue weighted by Crippen LogP contribution is 2.24. The number of hydrogen-bond donors (Lipinski definition) is 2. The lowest BCUT2D eigenvalue weighted by atomic mass is 10.0. The summed E-state index contributed by atoms with van der Waals surface area (Å²) in [7, 11) is 0. The van der Waals surface area contributed by atoms with Crippen LogP contribution in [0.2, 0.25) is 5.02 Å². The third-order valence-corrected chi connectivity index (χ3v) is 5.27. The Morgan fingerprint density at radius 1 is 0.882 bits per heavy atom. The Morgan fingerprint density at radius 2 is 1.59 bits per heavy atom. The van der Waals surface area contributed by atoms with Crippen molar-refractivity contribution in [3.63, 3.8) is 0 Å². The van der Waals surface area contributed by atoms with Crippen LogP contribution in [-0.2, 0) is 4.79 Å². The molecule has 2 N–H and O–H groups in total. The zero-order valence-electron chi connectivity index (χ0n) is 17.8. The Bertz CT molecular complexity index is 1370. The first-order chi connectivity index (χ1) is 16.5. The largest absolute Gasteiger partial charge is 0.457 e. The molecule has 0 aliphatic carbocycles. The second-order valence-electron chi connectivity index (χ2n) is 7.23. The Labute approximate surface area is 207 Å². The van der Waals surface area contributed by atoms with Crippen LogP contribution in [0.4, 0.5) is 5.69 Å². The molecular formula is C27H19ClN2O3S. The van der Waals surface area contributed by atoms with Crippen LogP contribution in [0.25, 0.3) is 17.4 Å². The van der Waals surface area contributed by atoms with E-state index in [9.17, 15) is 9.59 Å². The van der Waals surface area contributed by atoms with Gasteiger partial charge in [0, 0.05) is 27.8 Å². The van der Waals surface area contributed by atoms with E-state index in [0.717, 1.165) is 5.56 Å². The number of rotatable bonds is 6. The Hall–Kier alpha value is -4.00. The Balaban J connectivity index is 1.41. The highest BCUT2D eigenvalue weighted by atomic mass is 35.5. The number of hydrogen-bond acceptors (Lipinski definition) is 4. The van der Waals surface area contributed by atoms with Crippen molar-refractivity contribution >= 4 is 52.4 Å². The molecule has 168 valence electrons. The van der Waals surface area contributed by atoms with E-state index in [2.05, 4.69) is 10.6 Å². The number of thiocarbonyl (C=S) groups is 1. The van der Waals surface area contributed by atoms with Gasteiger partial charge in [-0.2, -0.15) is 0 Å². The number of carbonyl (C=O) groups excluding carboxylic acids is 2. The number of amides is 1. The number of ketones is 1. The van der Waals surface area contributed by atoms with Crippen LogP contribution in [0.1, 0.15) is 21.7 Å². The van der Waals surface area contributed by atoms with Crippen molar-refractivity contribution < 1.29 is 14.0 Å². The maximum Gasteiger partial charge on any atom is 0.250 e. The molecule has 0 saturated heterocycles. The minimum atomic E-state index is -0.444. The van der Waals surface area contributed by atoms with Gasteiger partial charge in [-0.1, -0.05) is 72.3 Å². The number of halogens is 1. The fourth-order valence-electron chi connectivity index (χ4n) is 3.22. The van der Waals surface area contributed by atoms with Crippen LogP contribution >= 0.6 is 23.8 Å². The summed E-state index contributed by atoms with van der Waals surface area (Å²) in [5.41, 5.74) is 2.24. The van der Waals surface area contributed by atoms with E-state index in [-0.39, 0.29) is 10.9 Å². The van der Waals surface area contributed by atoms with Crippen molar-refractivity contribution in [1.29, 1.82) is 0 Å². The lowest BCUT2D eigenvalue weighted by molar-refractivity contribution is -0.115. The SMILES string of the molecule is O=C(/C=C/c1ccc(-c2ccccc2)o1)NC(=S)Nc1ccc(Cl)cc1C(=O)c1ccccc1. The van der Waals surface area contributed by atoms with Gasteiger partial charge in [-0.05, 0) is 48.6 Å². The number of benzene rings is 3. The third-order valence-electron chi connectivity index (χ3n) is 4.83. The summed E-state index contributed by atoms with van der Waals surface area (Å²) in [5, 5.41) is 5.93. The van der Waals surface area contributed by atoms with Crippen LogP contribution in [-0.4, -0.2) is 16.8 Å². The summed E-state index contributed by atoms with van der Waals surface area (Å²) in [4.78, 5) is 25.3. The van der Waals surface area contributed by atoms with Crippen molar-refractivity contribution in [3.8, 4) is 11.3 Å². The summed E-state index contributed by atoms with van der Waals surface area (Å²) in [6.07, 6.45) is 2.87. The highest BCUT2D eigenvalue weighted by molar-refractivity contribution is 7.80. The van der Waals surface area contributed by atoms with Crippen LogP contribution in [0.5, 0.6) is 0 Å². The van der Waals surface area contributed by atoms with Crippen molar-refractivity contribution in [2.45, 2.75) is 0 Å². The van der Waals surface area contributed by atoms with Gasteiger partial charge in [0.1, 0.15) is 11.5 Å². The summed E-state index contributed by atoms with van der Waals surface area (Å²) in [6.45, 7) is 0. The van der Waals surface area contributed by atoms with E-state index in [4.69, 9.17) is 28.2 Å². The van der Waals surface area contributed by atoms with Crippen molar-refractivity contribution in [1.82, 2.24) is 5.32 Å². The zero-order chi connectivity index (χ0) is 23.9. The highest BCUT2D eigenvalue weighted by Gasteiger charge is 2.15. The molecule has 1 amide bonds. The molecule has 0 saturated carbocycles. The van der Waals surface area contributed by atoms with Gasteiger partial charge in [0.25, 0.3) is 0 Å². The molecule has 0 unspecified atom stereocenters. The first kappa shape index (κ1) is 23.2. The van der Waals surface area contributed by atoms with Gasteiger partial charge in [-0.15, -0.1) is 0 Å². The van der Waals surface area contributed by atoms with Gasteiger partial charge in [-0.3, -0.25) is 14.9 Å². The van der Waals surface area contributed by atoms with Crippen molar-refractivity contribution in [2.24, 2.45) is 0 Å². The molecule has 0 aliphatic rings. The fourth-order valence-corrected chi connectivity index (χ4v) is 3.61. The zero-order valence-corrected chi connectivity index (χ0v) is 19.4. The lowest BCUT2D eigenvalue weighted by Crippen LogP contribution is -2.33. The molecule has 0 aliphatic heterocycles. The molecule has 0 fully saturated rings. The molecular weight excluding hydrogens is 468 g/mol. The molecule has 1 heterocycles. The maximum atomic E-state index is 12.9. The standard InChI is InChI=1S/C27H19ClN2O3S/c28-20-11-14-23(22(17-20)26(32)19-9-5-2-6-10-19)29-27(34)30-25(31)16-13-21-12-15-24(33-21)18-7-3-1-4-8-18/h1-17H,(H2,29,30,31,34)/b16-13+. The molecule has 1 aromatic heterocycles. The van der Waals surface area contributed by atoms with E-state index in [0.29, 0.717) is 33.4 Å². The molecule has 0 radical (unpaired) electrons. The van der Waals surface area contributed by atoms with Crippen LogP contribution in [0.3, 0.4) is 0 Å². The van der Waals surface area contributed by atoms with Gasteiger partial charge in [0.15, 0.2) is 10.9 Å². The molecule has 4 aromatic rings. The van der Waals surface area contributed by atoms with E-state index in [1.54, 1.807) is 54.6 Å². The molecule has 5 nitrogen and oxygen atoms in total. The van der Waals surface area contributed by atoms with Crippen molar-refractivity contribution in [3.05, 3.63) is 119 Å². The van der Waals surface area contributed by atoms with Crippen LogP contribution in [0.15, 0.2) is 101 Å². The lowest BCUT2D eigenvalue weighted by Gasteiger charge is -2.13. The van der Waals surface area contributed by atoms with Gasteiger partial charge in [0.2, 0.25) is 5.91 Å². The van der Waals surface area contributed by atoms with Gasteiger partial charge < -0.3 is 9.73 Å². The summed E-state index contributed by atoms with van der Waals surface area (Å²) >= 11 is 11.4. The average Bonchev–Trinajstić information content (AvgIpc) is 3.34. The van der Waals surface area contributed by atoms with Gasteiger partial charge >= 0.3 is 0 Å². The van der Waals surface area contributed by atoms with Gasteiger partial charge in [0.05, 0.1) is 5.69 Å². The Kier molecular flexibility index (Phi) is 7.32. The Morgan fingerprint density at radius 3 is 2.32 bits per heavy atom. The quantitative estimate of drug-likeness (QED) is 0.188. The third kappa shape index (κ3) is 5.86. The molecule has 4 rings (SSSR count). The summed E-state index contributed by atoms with van der Waals surface area (Å²) < 4.78 is 5.75. The smallest absolute Gasteiger partial charge is 0.250 e. The molecule has 3 aromatic carbocycles. The van der Waals surface area contributed by atoms with Crippen molar-refractivity contribution in [2.75, 3.05) is 5.32 Å². The predicted octanol–water partition coefficient (Wildman–Crippen LogP) is 6.36. The van der Waals surface area contributed by atoms with E-state index >= 15 is 0 Å². The number of furan rings is 1. The average molecular weight is 487 g/mol. The van der Waals surface area contributed by atoms with Crippen LogP contribution in [0, 0.1) is 0 Å². The molecule has 34 heavy (non-hydrogen) atoms. The fraction of sp³-hybridized carbons (Fsp3) is 0. The van der Waals surface area contributed by atoms with E-state index < -0.39 is 5.91 Å². The summed E-state index contributed by atoms with van der Waals surface area (Å²) in [5.74, 6) is 0.573. The van der Waals surface area contributed by atoms with Crippen LogP contribution < -0.4 is 10.6 Å². The molecule has 7 heteroatoms. The second-order valence-corrected chi connectivity index (χ2v) is 8.07. The molecule has 0 spiro atoms. The second kappa shape index (κ2) is 10.7. The normalized spacial score (nSPS) is 10.7. The molecule has 0 atom stereocenters. The minimum absolute atomic E-state index is 0.0449. The minimum Gasteiger partial charge on any atom is -0.457 e.